The summed E-state index contributed by atoms with van der Waals surface area (Å²) in [6.45, 7) is 2.36. The fourth-order valence-corrected chi connectivity index (χ4v) is 2.65. The van der Waals surface area contributed by atoms with Crippen molar-refractivity contribution in [3.8, 4) is 11.5 Å². The maximum Gasteiger partial charge on any atom is 0.431 e. The number of hydrogen-bond donors (Lipinski definition) is 1. The first-order valence-corrected chi connectivity index (χ1v) is 9.25. The van der Waals surface area contributed by atoms with Crippen LogP contribution in [0.1, 0.15) is 29.4 Å². The summed E-state index contributed by atoms with van der Waals surface area (Å²) >= 11 is 0. The highest BCUT2D eigenvalue weighted by Gasteiger charge is 2.32. The maximum atomic E-state index is 13.0. The Hall–Kier alpha value is -3.62. The second-order valence-corrected chi connectivity index (χ2v) is 6.41. The molecule has 3 aromatic rings. The Morgan fingerprint density at radius 3 is 2.42 bits per heavy atom. The Bertz CT molecular complexity index is 1120. The van der Waals surface area contributed by atoms with Crippen LogP contribution in [0.4, 0.5) is 17.6 Å². The fourth-order valence-electron chi connectivity index (χ4n) is 2.65. The van der Waals surface area contributed by atoms with Gasteiger partial charge in [0.1, 0.15) is 18.1 Å². The van der Waals surface area contributed by atoms with Crippen molar-refractivity contribution in [2.75, 3.05) is 6.61 Å². The number of hydrogen-bond acceptors (Lipinski definition) is 4. The zero-order valence-corrected chi connectivity index (χ0v) is 16.4. The number of nitrogens with zero attached hydrogens (tertiary/aromatic N) is 1. The van der Waals surface area contributed by atoms with E-state index in [1.54, 1.807) is 42.2 Å². The van der Waals surface area contributed by atoms with Crippen LogP contribution in [0.5, 0.6) is 11.5 Å². The average Bonchev–Trinajstić information content (AvgIpc) is 2.72. The summed E-state index contributed by atoms with van der Waals surface area (Å²) < 4.78 is 62.9. The summed E-state index contributed by atoms with van der Waals surface area (Å²) in [5.74, 6) is 0.547. The van der Waals surface area contributed by atoms with Crippen molar-refractivity contribution in [2.45, 2.75) is 19.7 Å². The summed E-state index contributed by atoms with van der Waals surface area (Å²) in [5.41, 5.74) is -1.02. The Balaban J connectivity index is 1.79. The van der Waals surface area contributed by atoms with E-state index in [4.69, 9.17) is 9.47 Å². The zero-order chi connectivity index (χ0) is 22.4. The molecule has 31 heavy (non-hydrogen) atoms. The molecule has 5 nitrogen and oxygen atoms in total. The van der Waals surface area contributed by atoms with Crippen molar-refractivity contribution in [2.24, 2.45) is 0 Å². The monoisotopic (exact) mass is 434 g/mol. The van der Waals surface area contributed by atoms with E-state index in [-0.39, 0.29) is 18.1 Å². The minimum absolute atomic E-state index is 0.134. The van der Waals surface area contributed by atoms with Crippen molar-refractivity contribution in [1.29, 1.82) is 0 Å². The predicted molar refractivity (Wildman–Crippen MR) is 107 cm³/mol. The molecule has 0 radical (unpaired) electrons. The zero-order valence-electron chi connectivity index (χ0n) is 16.4. The molecule has 0 saturated heterocycles. The molecule has 162 valence electrons. The van der Waals surface area contributed by atoms with Crippen molar-refractivity contribution >= 4 is 12.2 Å². The molecule has 1 N–H and O–H groups in total. The average molecular weight is 434 g/mol. The summed E-state index contributed by atoms with van der Waals surface area (Å²) in [4.78, 5) is 16.6. The Morgan fingerprint density at radius 2 is 1.74 bits per heavy atom. The van der Waals surface area contributed by atoms with Crippen LogP contribution < -0.4 is 15.2 Å². The van der Waals surface area contributed by atoms with E-state index in [1.807, 2.05) is 0 Å². The van der Waals surface area contributed by atoms with Gasteiger partial charge < -0.3 is 14.5 Å². The highest BCUT2D eigenvalue weighted by molar-refractivity contribution is 5.69. The lowest BCUT2D eigenvalue weighted by Crippen LogP contribution is -2.19. The molecule has 0 aliphatic carbocycles. The number of halogens is 4. The van der Waals surface area contributed by atoms with Crippen LogP contribution >= 0.6 is 0 Å². The molecule has 9 heteroatoms. The van der Waals surface area contributed by atoms with Gasteiger partial charge in [0, 0.05) is 0 Å². The third kappa shape index (κ3) is 6.18. The van der Waals surface area contributed by atoms with Gasteiger partial charge in [-0.25, -0.2) is 9.18 Å². The predicted octanol–water partition coefficient (Wildman–Crippen LogP) is 5.08. The number of benzene rings is 2. The third-order valence-electron chi connectivity index (χ3n) is 4.09. The molecule has 0 spiro atoms. The summed E-state index contributed by atoms with van der Waals surface area (Å²) in [6.07, 6.45) is -1.88. The smallest absolute Gasteiger partial charge is 0.431 e. The van der Waals surface area contributed by atoms with E-state index in [9.17, 15) is 22.4 Å². The van der Waals surface area contributed by atoms with Crippen LogP contribution in [0.2, 0.25) is 0 Å². The number of ether oxygens (including phenoxy) is 2. The number of nitrogens with one attached hydrogen (secondary N) is 1. The second-order valence-electron chi connectivity index (χ2n) is 6.41. The SMILES string of the molecule is CCOc1cc(/C=C/c2cc(C(F)(F)F)[nH]c(=O)n2)ccc1OCc1ccc(F)cc1. The highest BCUT2D eigenvalue weighted by atomic mass is 19.4. The quantitative estimate of drug-likeness (QED) is 0.527. The summed E-state index contributed by atoms with van der Waals surface area (Å²) in [6, 6.07) is 11.6. The lowest BCUT2D eigenvalue weighted by Gasteiger charge is -2.13. The summed E-state index contributed by atoms with van der Waals surface area (Å²) in [7, 11) is 0. The van der Waals surface area contributed by atoms with Crippen molar-refractivity contribution in [1.82, 2.24) is 9.97 Å². The number of aromatic nitrogens is 2. The normalized spacial score (nSPS) is 11.6. The van der Waals surface area contributed by atoms with Gasteiger partial charge in [-0.3, -0.25) is 0 Å². The van der Waals surface area contributed by atoms with Gasteiger partial charge in [0.2, 0.25) is 0 Å². The van der Waals surface area contributed by atoms with Gasteiger partial charge in [-0.2, -0.15) is 18.2 Å². The van der Waals surface area contributed by atoms with E-state index >= 15 is 0 Å². The Morgan fingerprint density at radius 1 is 1.00 bits per heavy atom. The number of H-pyrrole nitrogens is 1. The van der Waals surface area contributed by atoms with E-state index in [1.165, 1.54) is 24.3 Å². The molecule has 3 rings (SSSR count). The molecule has 0 bridgehead atoms. The van der Waals surface area contributed by atoms with Crippen LogP contribution in [0.3, 0.4) is 0 Å². The second kappa shape index (κ2) is 9.46. The number of rotatable bonds is 7. The lowest BCUT2D eigenvalue weighted by molar-refractivity contribution is -0.141. The van der Waals surface area contributed by atoms with Crippen LogP contribution in [-0.2, 0) is 12.8 Å². The molecule has 2 aromatic carbocycles. The topological polar surface area (TPSA) is 64.2 Å². The standard InChI is InChI=1S/C22H18F4N2O3/c1-2-30-19-11-14(5-9-17-12-20(22(24,25)26)28-21(29)27-17)6-10-18(19)31-13-15-3-7-16(23)8-4-15/h3-12H,2,13H2,1H3,(H,27,28,29)/b9-5+. The molecule has 0 fully saturated rings. The van der Waals surface area contributed by atoms with Gasteiger partial charge in [0.05, 0.1) is 12.3 Å². The van der Waals surface area contributed by atoms with Gasteiger partial charge in [0.15, 0.2) is 11.5 Å². The molecule has 0 atom stereocenters. The first kappa shape index (κ1) is 22.1. The third-order valence-corrected chi connectivity index (χ3v) is 4.09. The number of alkyl halides is 3. The molecule has 0 aliphatic heterocycles. The minimum Gasteiger partial charge on any atom is -0.490 e. The molecule has 0 amide bonds. The molecule has 1 aromatic heterocycles. The van der Waals surface area contributed by atoms with Crippen LogP contribution in [0.15, 0.2) is 53.3 Å². The van der Waals surface area contributed by atoms with Crippen LogP contribution in [0.25, 0.3) is 12.2 Å². The molecular weight excluding hydrogens is 416 g/mol. The Labute approximate surface area is 175 Å². The van der Waals surface area contributed by atoms with Crippen LogP contribution in [-0.4, -0.2) is 16.6 Å². The van der Waals surface area contributed by atoms with Gasteiger partial charge in [-0.15, -0.1) is 0 Å². The van der Waals surface area contributed by atoms with Gasteiger partial charge in [0.25, 0.3) is 0 Å². The molecular formula is C22H18F4N2O3. The molecule has 0 aliphatic rings. The van der Waals surface area contributed by atoms with Crippen LogP contribution in [0, 0.1) is 5.82 Å². The minimum atomic E-state index is -4.68. The molecule has 1 heterocycles. The van der Waals surface area contributed by atoms with Gasteiger partial charge in [-0.05, 0) is 54.5 Å². The first-order chi connectivity index (χ1) is 14.7. The van der Waals surface area contributed by atoms with Gasteiger partial charge in [-0.1, -0.05) is 24.3 Å². The van der Waals surface area contributed by atoms with E-state index in [0.717, 1.165) is 11.6 Å². The molecule has 0 saturated carbocycles. The van der Waals surface area contributed by atoms with Crippen molar-refractivity contribution in [3.05, 3.63) is 87.3 Å². The van der Waals surface area contributed by atoms with Gasteiger partial charge >= 0.3 is 11.9 Å². The van der Waals surface area contributed by atoms with Crippen molar-refractivity contribution < 1.29 is 27.0 Å². The van der Waals surface area contributed by atoms with E-state index < -0.39 is 17.6 Å². The molecule has 0 unspecified atom stereocenters. The Kier molecular flexibility index (Phi) is 6.74. The maximum absolute atomic E-state index is 13.0. The lowest BCUT2D eigenvalue weighted by atomic mass is 10.1. The first-order valence-electron chi connectivity index (χ1n) is 9.25. The van der Waals surface area contributed by atoms with E-state index in [0.29, 0.717) is 23.7 Å². The largest absolute Gasteiger partial charge is 0.490 e. The highest BCUT2D eigenvalue weighted by Crippen LogP contribution is 2.30. The number of aromatic amines is 1. The van der Waals surface area contributed by atoms with E-state index in [2.05, 4.69) is 4.98 Å². The fraction of sp³-hybridized carbons (Fsp3) is 0.182. The summed E-state index contributed by atoms with van der Waals surface area (Å²) in [5, 5.41) is 0. The van der Waals surface area contributed by atoms with Crippen molar-refractivity contribution in [3.63, 3.8) is 0 Å².